The van der Waals surface area contributed by atoms with Gasteiger partial charge in [-0.05, 0) is 13.8 Å². The minimum Gasteiger partial charge on any atom is -0.480 e. The van der Waals surface area contributed by atoms with Gasteiger partial charge < -0.3 is 20.1 Å². The van der Waals surface area contributed by atoms with Crippen molar-refractivity contribution in [2.24, 2.45) is 0 Å². The van der Waals surface area contributed by atoms with Gasteiger partial charge in [0.1, 0.15) is 6.04 Å². The lowest BCUT2D eigenvalue weighted by atomic mass is 10.2. The maximum atomic E-state index is 12.1. The van der Waals surface area contributed by atoms with E-state index in [-0.39, 0.29) is 11.2 Å². The molecule has 2 N–H and O–H groups in total. The first-order chi connectivity index (χ1) is 9.25. The number of methoxy groups -OCH3 is 1. The Morgan fingerprint density at radius 1 is 1.45 bits per heavy atom. The predicted octanol–water partition coefficient (Wildman–Crippen LogP) is 0.540. The summed E-state index contributed by atoms with van der Waals surface area (Å²) < 4.78 is 4.36. The predicted molar refractivity (Wildman–Crippen MR) is 74.7 cm³/mol. The van der Waals surface area contributed by atoms with E-state index in [9.17, 15) is 14.4 Å². The Morgan fingerprint density at radius 3 is 2.60 bits per heavy atom. The minimum absolute atomic E-state index is 0.0589. The van der Waals surface area contributed by atoms with E-state index in [1.165, 1.54) is 7.11 Å². The van der Waals surface area contributed by atoms with Crippen LogP contribution in [-0.2, 0) is 14.3 Å². The van der Waals surface area contributed by atoms with Crippen LogP contribution in [0, 0.1) is 0 Å². The average molecular weight is 304 g/mol. The number of amides is 2. The van der Waals surface area contributed by atoms with Crippen molar-refractivity contribution in [3.63, 3.8) is 0 Å². The molecule has 2 amide bonds. The normalized spacial score (nSPS) is 19.1. The van der Waals surface area contributed by atoms with Crippen LogP contribution in [0.4, 0.5) is 4.79 Å². The van der Waals surface area contributed by atoms with E-state index >= 15 is 0 Å². The molecule has 1 saturated heterocycles. The van der Waals surface area contributed by atoms with Crippen LogP contribution >= 0.6 is 11.8 Å². The molecule has 7 nitrogen and oxygen atoms in total. The Kier molecular flexibility index (Phi) is 5.67. The summed E-state index contributed by atoms with van der Waals surface area (Å²) in [5, 5.41) is 11.4. The first kappa shape index (κ1) is 16.6. The van der Waals surface area contributed by atoms with Crippen molar-refractivity contribution in [3.8, 4) is 0 Å². The van der Waals surface area contributed by atoms with Crippen LogP contribution < -0.4 is 5.32 Å². The number of carboxylic acid groups (broad SMARTS) is 1. The molecule has 1 rings (SSSR count). The van der Waals surface area contributed by atoms with Gasteiger partial charge in [-0.3, -0.25) is 4.79 Å². The summed E-state index contributed by atoms with van der Waals surface area (Å²) in [6, 6.07) is -1.73. The maximum absolute atomic E-state index is 12.1. The third-order valence-electron chi connectivity index (χ3n) is 2.91. The minimum atomic E-state index is -1.27. The van der Waals surface area contributed by atoms with Crippen molar-refractivity contribution in [3.05, 3.63) is 0 Å². The van der Waals surface area contributed by atoms with Gasteiger partial charge in [-0.2, -0.15) is 11.8 Å². The van der Waals surface area contributed by atoms with Crippen LogP contribution in [0.25, 0.3) is 0 Å². The highest BCUT2D eigenvalue weighted by atomic mass is 32.2. The molecule has 1 aliphatic rings. The number of carbonyl (C=O) groups is 3. The van der Waals surface area contributed by atoms with E-state index in [4.69, 9.17) is 5.11 Å². The monoisotopic (exact) mass is 304 g/mol. The second kappa shape index (κ2) is 6.83. The number of nitrogens with one attached hydrogen (secondary N) is 1. The SMILES string of the molecule is COC(=O)C[C@H](NC(=O)N1CCSC(C)(C)C1)C(=O)O. The molecular formula is C12H20N2O5S. The number of hydrogen-bond donors (Lipinski definition) is 2. The molecule has 0 saturated carbocycles. The fraction of sp³-hybridized carbons (Fsp3) is 0.750. The van der Waals surface area contributed by atoms with Gasteiger partial charge in [-0.1, -0.05) is 0 Å². The third-order valence-corrected chi connectivity index (χ3v) is 4.20. The number of carbonyl (C=O) groups excluding carboxylic acids is 2. The molecule has 0 aromatic carbocycles. The molecule has 1 atom stereocenters. The largest absolute Gasteiger partial charge is 0.480 e. The number of esters is 1. The lowest BCUT2D eigenvalue weighted by Gasteiger charge is -2.37. The molecule has 1 heterocycles. The molecule has 0 radical (unpaired) electrons. The smallest absolute Gasteiger partial charge is 0.326 e. The van der Waals surface area contributed by atoms with Crippen LogP contribution in [0.15, 0.2) is 0 Å². The summed E-state index contributed by atoms with van der Waals surface area (Å²) in [4.78, 5) is 35.8. The highest BCUT2D eigenvalue weighted by molar-refractivity contribution is 8.00. The zero-order valence-electron chi connectivity index (χ0n) is 11.8. The molecule has 8 heteroatoms. The van der Waals surface area contributed by atoms with Crippen molar-refractivity contribution in [1.29, 1.82) is 0 Å². The molecule has 0 bridgehead atoms. The van der Waals surface area contributed by atoms with Crippen LogP contribution in [0.3, 0.4) is 0 Å². The van der Waals surface area contributed by atoms with Gasteiger partial charge in [0.15, 0.2) is 0 Å². The number of rotatable bonds is 4. The van der Waals surface area contributed by atoms with Gasteiger partial charge in [0.05, 0.1) is 13.5 Å². The molecule has 114 valence electrons. The summed E-state index contributed by atoms with van der Waals surface area (Å²) >= 11 is 1.77. The Balaban J connectivity index is 2.61. The number of ether oxygens (including phenoxy) is 1. The first-order valence-corrected chi connectivity index (χ1v) is 7.23. The summed E-state index contributed by atoms with van der Waals surface area (Å²) in [6.45, 7) is 5.15. The fourth-order valence-electron chi connectivity index (χ4n) is 1.88. The van der Waals surface area contributed by atoms with Gasteiger partial charge in [0.25, 0.3) is 0 Å². The van der Waals surface area contributed by atoms with Crippen molar-refractivity contribution in [2.75, 3.05) is 26.0 Å². The van der Waals surface area contributed by atoms with E-state index in [2.05, 4.69) is 10.1 Å². The number of thioether (sulfide) groups is 1. The number of urea groups is 1. The van der Waals surface area contributed by atoms with Crippen molar-refractivity contribution in [1.82, 2.24) is 10.2 Å². The lowest BCUT2D eigenvalue weighted by Crippen LogP contribution is -2.54. The van der Waals surface area contributed by atoms with E-state index < -0.39 is 24.0 Å². The molecule has 20 heavy (non-hydrogen) atoms. The van der Waals surface area contributed by atoms with Crippen molar-refractivity contribution < 1.29 is 24.2 Å². The topological polar surface area (TPSA) is 95.9 Å². The highest BCUT2D eigenvalue weighted by Gasteiger charge is 2.32. The third kappa shape index (κ3) is 4.92. The summed E-state index contributed by atoms with van der Waals surface area (Å²) in [5.74, 6) is -1.13. The molecule has 0 aromatic heterocycles. The van der Waals surface area contributed by atoms with Crippen LogP contribution in [0.2, 0.25) is 0 Å². The number of hydrogen-bond acceptors (Lipinski definition) is 5. The number of carboxylic acids is 1. The molecule has 0 spiro atoms. The standard InChI is InChI=1S/C12H20N2O5S/c1-12(2)7-14(4-5-20-12)11(18)13-8(10(16)17)6-9(15)19-3/h8H,4-7H2,1-3H3,(H,13,18)(H,16,17)/t8-/m0/s1. The van der Waals surface area contributed by atoms with Crippen molar-refractivity contribution >= 4 is 29.7 Å². The average Bonchev–Trinajstić information content (AvgIpc) is 2.36. The lowest BCUT2D eigenvalue weighted by molar-refractivity contribution is -0.147. The molecule has 0 aromatic rings. The molecule has 1 aliphatic heterocycles. The van der Waals surface area contributed by atoms with E-state index in [1.807, 2.05) is 13.8 Å². The Morgan fingerprint density at radius 2 is 2.10 bits per heavy atom. The highest BCUT2D eigenvalue weighted by Crippen LogP contribution is 2.29. The van der Waals surface area contributed by atoms with E-state index in [0.717, 1.165) is 5.75 Å². The fourth-order valence-corrected chi connectivity index (χ4v) is 2.99. The summed E-state index contributed by atoms with van der Waals surface area (Å²) in [6.07, 6.45) is -0.385. The van der Waals surface area contributed by atoms with Crippen LogP contribution in [-0.4, -0.2) is 64.7 Å². The second-order valence-corrected chi connectivity index (χ2v) is 6.95. The Labute approximate surface area is 122 Å². The zero-order chi connectivity index (χ0) is 15.3. The second-order valence-electron chi connectivity index (χ2n) is 5.15. The Bertz CT molecular complexity index is 399. The zero-order valence-corrected chi connectivity index (χ0v) is 12.7. The summed E-state index contributed by atoms with van der Waals surface area (Å²) in [7, 11) is 1.17. The maximum Gasteiger partial charge on any atom is 0.326 e. The van der Waals surface area contributed by atoms with Crippen molar-refractivity contribution in [2.45, 2.75) is 31.1 Å². The van der Waals surface area contributed by atoms with Gasteiger partial charge in [-0.25, -0.2) is 9.59 Å². The van der Waals surface area contributed by atoms with E-state index in [1.54, 1.807) is 16.7 Å². The Hall–Kier alpha value is -1.44. The van der Waals surface area contributed by atoms with Gasteiger partial charge in [-0.15, -0.1) is 0 Å². The molecule has 0 unspecified atom stereocenters. The van der Waals surface area contributed by atoms with Gasteiger partial charge in [0.2, 0.25) is 0 Å². The van der Waals surface area contributed by atoms with Crippen LogP contribution in [0.5, 0.6) is 0 Å². The molecule has 0 aliphatic carbocycles. The van der Waals surface area contributed by atoms with Gasteiger partial charge >= 0.3 is 18.0 Å². The molecule has 1 fully saturated rings. The summed E-state index contributed by atoms with van der Waals surface area (Å²) in [5.41, 5.74) is 0. The van der Waals surface area contributed by atoms with Crippen LogP contribution in [0.1, 0.15) is 20.3 Å². The van der Waals surface area contributed by atoms with E-state index in [0.29, 0.717) is 13.1 Å². The first-order valence-electron chi connectivity index (χ1n) is 6.24. The quantitative estimate of drug-likeness (QED) is 0.736. The molecular weight excluding hydrogens is 284 g/mol. The number of nitrogens with zero attached hydrogens (tertiary/aromatic N) is 1. The number of aliphatic carboxylic acids is 1. The van der Waals surface area contributed by atoms with Gasteiger partial charge in [0, 0.05) is 23.6 Å².